The van der Waals surface area contributed by atoms with Crippen LogP contribution in [0, 0.1) is 11.7 Å². The quantitative estimate of drug-likeness (QED) is 0.537. The molecule has 5 rings (SSSR count). The molecule has 2 unspecified atom stereocenters. The Morgan fingerprint density at radius 1 is 1.00 bits per heavy atom. The molecule has 2 bridgehead atoms. The summed E-state index contributed by atoms with van der Waals surface area (Å²) >= 11 is 11.8. The van der Waals surface area contributed by atoms with E-state index in [-0.39, 0.29) is 46.1 Å². The summed E-state index contributed by atoms with van der Waals surface area (Å²) in [6, 6.07) is 12.6. The van der Waals surface area contributed by atoms with Crippen molar-refractivity contribution >= 4 is 44.8 Å². The highest BCUT2D eigenvalue weighted by Crippen LogP contribution is 2.37. The molecule has 2 aliphatic heterocycles. The number of halogens is 3. The number of carbonyl (C=O) groups excluding carboxylic acids is 1. The zero-order valence-electron chi connectivity index (χ0n) is 18.2. The van der Waals surface area contributed by atoms with Crippen LogP contribution in [0.15, 0.2) is 64.3 Å². The third kappa shape index (κ3) is 4.49. The first-order valence-electron chi connectivity index (χ1n) is 10.9. The molecule has 1 aromatic heterocycles. The molecule has 0 radical (unpaired) electrons. The van der Waals surface area contributed by atoms with Crippen molar-refractivity contribution in [1.82, 2.24) is 8.87 Å². The molecule has 2 aromatic carbocycles. The zero-order chi connectivity index (χ0) is 24.9. The van der Waals surface area contributed by atoms with Crippen LogP contribution in [-0.4, -0.2) is 36.3 Å². The van der Waals surface area contributed by atoms with Crippen molar-refractivity contribution in [3.05, 3.63) is 92.1 Å². The van der Waals surface area contributed by atoms with Gasteiger partial charge >= 0.3 is 0 Å². The van der Waals surface area contributed by atoms with Crippen LogP contribution < -0.4 is 10.9 Å². The summed E-state index contributed by atoms with van der Waals surface area (Å²) in [5, 5.41) is 3.01. The predicted molar refractivity (Wildman–Crippen MR) is 131 cm³/mol. The Morgan fingerprint density at radius 3 is 2.57 bits per heavy atom. The molecule has 1 amide bonds. The van der Waals surface area contributed by atoms with Crippen molar-refractivity contribution in [2.24, 2.45) is 5.92 Å². The number of benzene rings is 2. The van der Waals surface area contributed by atoms with Crippen molar-refractivity contribution in [2.45, 2.75) is 23.8 Å². The third-order valence-corrected chi connectivity index (χ3v) is 9.01. The zero-order valence-corrected chi connectivity index (χ0v) is 20.6. The van der Waals surface area contributed by atoms with Gasteiger partial charge in [0.1, 0.15) is 5.82 Å². The van der Waals surface area contributed by atoms with Gasteiger partial charge in [0, 0.05) is 43.0 Å². The second kappa shape index (κ2) is 9.05. The summed E-state index contributed by atoms with van der Waals surface area (Å²) in [6.07, 6.45) is 0.788. The molecule has 0 saturated carbocycles. The largest absolute Gasteiger partial charge is 0.322 e. The summed E-state index contributed by atoms with van der Waals surface area (Å²) in [4.78, 5) is 24.8. The second-order valence-corrected chi connectivity index (χ2v) is 11.5. The second-order valence-electron chi connectivity index (χ2n) is 8.74. The number of nitrogens with zero attached hydrogens (tertiary/aromatic N) is 2. The van der Waals surface area contributed by atoms with E-state index in [4.69, 9.17) is 23.2 Å². The fraction of sp³-hybridized carbons (Fsp3) is 0.250. The minimum Gasteiger partial charge on any atom is -0.322 e. The molecule has 1 N–H and O–H groups in total. The number of aromatic nitrogens is 1. The first-order valence-corrected chi connectivity index (χ1v) is 13.1. The highest BCUT2D eigenvalue weighted by Gasteiger charge is 2.39. The van der Waals surface area contributed by atoms with Gasteiger partial charge in [0.2, 0.25) is 10.0 Å². The van der Waals surface area contributed by atoms with E-state index in [1.54, 1.807) is 10.6 Å². The van der Waals surface area contributed by atoms with Gasteiger partial charge in [0.25, 0.3) is 11.5 Å². The Kier molecular flexibility index (Phi) is 6.21. The van der Waals surface area contributed by atoms with Crippen molar-refractivity contribution in [3.8, 4) is 0 Å². The number of piperidine rings is 1. The number of hydrogen-bond acceptors (Lipinski definition) is 4. The van der Waals surface area contributed by atoms with Gasteiger partial charge in [-0.2, -0.15) is 4.31 Å². The van der Waals surface area contributed by atoms with E-state index in [9.17, 15) is 22.4 Å². The Morgan fingerprint density at radius 2 is 1.80 bits per heavy atom. The maximum Gasteiger partial charge on any atom is 0.258 e. The Balaban J connectivity index is 1.42. The minimum atomic E-state index is -4.01. The van der Waals surface area contributed by atoms with Crippen molar-refractivity contribution in [2.75, 3.05) is 18.4 Å². The average molecular weight is 536 g/mol. The summed E-state index contributed by atoms with van der Waals surface area (Å²) in [6.45, 7) is 0.879. The Labute approximate surface area is 211 Å². The molecular formula is C24H20Cl2FN3O4S. The highest BCUT2D eigenvalue weighted by molar-refractivity contribution is 7.89. The topological polar surface area (TPSA) is 88.5 Å². The molecule has 35 heavy (non-hydrogen) atoms. The fourth-order valence-electron chi connectivity index (χ4n) is 4.81. The van der Waals surface area contributed by atoms with E-state index < -0.39 is 27.3 Å². The third-order valence-electron chi connectivity index (χ3n) is 6.44. The molecule has 182 valence electrons. The van der Waals surface area contributed by atoms with Gasteiger partial charge in [-0.05, 0) is 54.8 Å². The van der Waals surface area contributed by atoms with E-state index in [2.05, 4.69) is 5.32 Å². The van der Waals surface area contributed by atoms with Gasteiger partial charge in [-0.15, -0.1) is 0 Å². The normalized spacial score (nSPS) is 19.7. The number of sulfonamides is 1. The summed E-state index contributed by atoms with van der Waals surface area (Å²) < 4.78 is 44.6. The van der Waals surface area contributed by atoms with Crippen LogP contribution in [0.5, 0.6) is 0 Å². The average Bonchev–Trinajstić information content (AvgIpc) is 2.82. The lowest BCUT2D eigenvalue weighted by Gasteiger charge is -2.42. The molecule has 1 fully saturated rings. The lowest BCUT2D eigenvalue weighted by atomic mass is 9.84. The van der Waals surface area contributed by atoms with Crippen LogP contribution in [0.1, 0.15) is 28.4 Å². The number of fused-ring (bicyclic) bond motifs is 4. The highest BCUT2D eigenvalue weighted by atomic mass is 35.5. The predicted octanol–water partition coefficient (Wildman–Crippen LogP) is 4.35. The SMILES string of the molecule is O=C(Nc1ccc(Cl)c(Cl)c1)c1cc(S(=O)(=O)N2CC3CC(C2)c2cccc(=O)n2C3)ccc1F. The number of hydrogen-bond donors (Lipinski definition) is 1. The van der Waals surface area contributed by atoms with Gasteiger partial charge in [-0.3, -0.25) is 9.59 Å². The first kappa shape index (κ1) is 24.0. The van der Waals surface area contributed by atoms with Crippen LogP contribution >= 0.6 is 23.2 Å². The van der Waals surface area contributed by atoms with E-state index in [1.807, 2.05) is 6.07 Å². The van der Waals surface area contributed by atoms with Gasteiger partial charge < -0.3 is 9.88 Å². The van der Waals surface area contributed by atoms with Crippen molar-refractivity contribution in [1.29, 1.82) is 0 Å². The molecule has 3 heterocycles. The van der Waals surface area contributed by atoms with Crippen LogP contribution in [-0.2, 0) is 16.6 Å². The van der Waals surface area contributed by atoms with Gasteiger partial charge in [-0.1, -0.05) is 29.3 Å². The number of anilines is 1. The van der Waals surface area contributed by atoms with E-state index in [0.29, 0.717) is 11.6 Å². The summed E-state index contributed by atoms with van der Waals surface area (Å²) in [5.74, 6) is -1.81. The lowest BCUT2D eigenvalue weighted by molar-refractivity contribution is 0.102. The van der Waals surface area contributed by atoms with Crippen LogP contribution in [0.3, 0.4) is 0 Å². The van der Waals surface area contributed by atoms with Gasteiger partial charge in [-0.25, -0.2) is 12.8 Å². The van der Waals surface area contributed by atoms with Crippen LogP contribution in [0.2, 0.25) is 10.0 Å². The van der Waals surface area contributed by atoms with E-state index in [1.165, 1.54) is 28.6 Å². The molecule has 7 nitrogen and oxygen atoms in total. The number of rotatable bonds is 4. The Hall–Kier alpha value is -2.72. The van der Waals surface area contributed by atoms with Gasteiger partial charge in [0.15, 0.2) is 0 Å². The molecule has 0 spiro atoms. The number of pyridine rings is 1. The van der Waals surface area contributed by atoms with Crippen LogP contribution in [0.25, 0.3) is 0 Å². The molecule has 0 aliphatic carbocycles. The van der Waals surface area contributed by atoms with Crippen molar-refractivity contribution in [3.63, 3.8) is 0 Å². The number of nitrogens with one attached hydrogen (secondary N) is 1. The van der Waals surface area contributed by atoms with Crippen LogP contribution in [0.4, 0.5) is 10.1 Å². The molecule has 3 aromatic rings. The molecule has 1 saturated heterocycles. The molecule has 11 heteroatoms. The summed E-state index contributed by atoms with van der Waals surface area (Å²) in [7, 11) is -4.01. The van der Waals surface area contributed by atoms with Crippen molar-refractivity contribution < 1.29 is 17.6 Å². The number of amides is 1. The molecule has 2 aliphatic rings. The van der Waals surface area contributed by atoms with E-state index >= 15 is 0 Å². The molecule has 2 atom stereocenters. The monoisotopic (exact) mass is 535 g/mol. The van der Waals surface area contributed by atoms with E-state index in [0.717, 1.165) is 30.3 Å². The minimum absolute atomic E-state index is 0.0194. The smallest absolute Gasteiger partial charge is 0.258 e. The first-order chi connectivity index (χ1) is 16.6. The number of carbonyl (C=O) groups is 1. The lowest BCUT2D eigenvalue weighted by Crippen LogP contribution is -2.49. The molecular weight excluding hydrogens is 516 g/mol. The fourth-order valence-corrected chi connectivity index (χ4v) is 6.70. The standard InChI is InChI=1S/C24H20Cl2FN3O4S/c25-19-6-4-16(9-20(19)26)28-24(32)18-10-17(5-7-21(18)27)35(33,34)29-11-14-8-15(13-29)22-2-1-3-23(31)30(22)12-14/h1-7,9-10,14-15H,8,11-13H2,(H,28,32). The maximum atomic E-state index is 14.5. The maximum absolute atomic E-state index is 14.5. The van der Waals surface area contributed by atoms with Gasteiger partial charge in [0.05, 0.1) is 20.5 Å². The summed E-state index contributed by atoms with van der Waals surface area (Å²) in [5.41, 5.74) is 0.597. The Bertz CT molecular complexity index is 1510.